The summed E-state index contributed by atoms with van der Waals surface area (Å²) in [5.74, 6) is 1.91. The highest BCUT2D eigenvalue weighted by atomic mass is 16.5. The first-order chi connectivity index (χ1) is 10.2. The third-order valence-corrected chi connectivity index (χ3v) is 4.09. The third-order valence-electron chi connectivity index (χ3n) is 4.09. The van der Waals surface area contributed by atoms with Crippen LogP contribution in [0.1, 0.15) is 30.0 Å². The molecule has 3 rings (SSSR count). The Morgan fingerprint density at radius 1 is 1.14 bits per heavy atom. The number of nitrogens with one attached hydrogen (secondary N) is 1. The fraction of sp³-hybridized carbons (Fsp3) is 0.333. The summed E-state index contributed by atoms with van der Waals surface area (Å²) in [6.07, 6.45) is 2.53. The molecular weight excluding hydrogens is 262 g/mol. The van der Waals surface area contributed by atoms with Gasteiger partial charge in [0, 0.05) is 5.69 Å². The smallest absolute Gasteiger partial charge is 0.118 e. The number of aryl methyl sites for hydroxylation is 1. The molecule has 1 atom stereocenters. The average molecular weight is 283 g/mol. The number of phenolic OH excluding ortho intramolecular Hbond substituents is 1. The van der Waals surface area contributed by atoms with Crippen molar-refractivity contribution in [2.45, 2.75) is 25.8 Å². The lowest BCUT2D eigenvalue weighted by molar-refractivity contribution is 0.414. The van der Waals surface area contributed by atoms with E-state index in [-0.39, 0.29) is 0 Å². The molecule has 1 fully saturated rings. The molecule has 1 aliphatic rings. The molecule has 3 heteroatoms. The fourth-order valence-corrected chi connectivity index (χ4v) is 2.64. The van der Waals surface area contributed by atoms with Crippen LogP contribution in [0.5, 0.6) is 11.5 Å². The van der Waals surface area contributed by atoms with Gasteiger partial charge in [0.1, 0.15) is 11.5 Å². The van der Waals surface area contributed by atoms with Gasteiger partial charge in [0.15, 0.2) is 0 Å². The largest absolute Gasteiger partial charge is 0.508 e. The Bertz CT molecular complexity index is 618. The second kappa shape index (κ2) is 5.68. The summed E-state index contributed by atoms with van der Waals surface area (Å²) in [5, 5.41) is 13.2. The number of methoxy groups -OCH3 is 1. The zero-order chi connectivity index (χ0) is 14.8. The van der Waals surface area contributed by atoms with Crippen LogP contribution >= 0.6 is 0 Å². The van der Waals surface area contributed by atoms with Crippen molar-refractivity contribution in [2.75, 3.05) is 12.4 Å². The predicted octanol–water partition coefficient (Wildman–Crippen LogP) is 4.27. The molecule has 3 nitrogen and oxygen atoms in total. The lowest BCUT2D eigenvalue weighted by Gasteiger charge is -2.21. The first-order valence-electron chi connectivity index (χ1n) is 7.37. The van der Waals surface area contributed by atoms with Gasteiger partial charge in [-0.1, -0.05) is 12.1 Å². The molecule has 2 aromatic carbocycles. The van der Waals surface area contributed by atoms with E-state index in [2.05, 4.69) is 17.4 Å². The Balaban J connectivity index is 1.82. The van der Waals surface area contributed by atoms with Crippen LogP contribution < -0.4 is 10.1 Å². The van der Waals surface area contributed by atoms with Crippen LogP contribution in [0.3, 0.4) is 0 Å². The predicted molar refractivity (Wildman–Crippen MR) is 84.9 cm³/mol. The van der Waals surface area contributed by atoms with Crippen LogP contribution in [-0.2, 0) is 0 Å². The first kappa shape index (κ1) is 13.8. The number of rotatable bonds is 5. The second-order valence-corrected chi connectivity index (χ2v) is 5.73. The van der Waals surface area contributed by atoms with E-state index in [4.69, 9.17) is 4.74 Å². The van der Waals surface area contributed by atoms with E-state index < -0.39 is 0 Å². The number of benzene rings is 2. The minimum absolute atomic E-state index is 0.319. The summed E-state index contributed by atoms with van der Waals surface area (Å²) in [5.41, 5.74) is 3.23. The lowest BCUT2D eigenvalue weighted by Crippen LogP contribution is -2.13. The van der Waals surface area contributed by atoms with Crippen LogP contribution in [0.2, 0.25) is 0 Å². The van der Waals surface area contributed by atoms with E-state index in [0.717, 1.165) is 17.0 Å². The van der Waals surface area contributed by atoms with Crippen molar-refractivity contribution in [2.24, 2.45) is 5.92 Å². The van der Waals surface area contributed by atoms with Crippen LogP contribution in [-0.4, -0.2) is 12.2 Å². The summed E-state index contributed by atoms with van der Waals surface area (Å²) < 4.78 is 5.22. The average Bonchev–Trinajstić information content (AvgIpc) is 3.33. The van der Waals surface area contributed by atoms with Crippen molar-refractivity contribution in [1.82, 2.24) is 0 Å². The Kier molecular flexibility index (Phi) is 3.74. The quantitative estimate of drug-likeness (QED) is 0.805. The highest BCUT2D eigenvalue weighted by molar-refractivity contribution is 5.52. The Morgan fingerprint density at radius 3 is 2.43 bits per heavy atom. The lowest BCUT2D eigenvalue weighted by atomic mass is 10.0. The van der Waals surface area contributed by atoms with Gasteiger partial charge >= 0.3 is 0 Å². The van der Waals surface area contributed by atoms with Gasteiger partial charge in [-0.25, -0.2) is 0 Å². The maximum Gasteiger partial charge on any atom is 0.118 e. The molecule has 21 heavy (non-hydrogen) atoms. The molecule has 110 valence electrons. The van der Waals surface area contributed by atoms with Crippen molar-refractivity contribution < 1.29 is 9.84 Å². The van der Waals surface area contributed by atoms with Crippen LogP contribution in [0.15, 0.2) is 42.5 Å². The van der Waals surface area contributed by atoms with Crippen LogP contribution in [0.4, 0.5) is 5.69 Å². The van der Waals surface area contributed by atoms with Gasteiger partial charge in [-0.3, -0.25) is 0 Å². The molecular formula is C18H21NO2. The minimum Gasteiger partial charge on any atom is -0.508 e. The van der Waals surface area contributed by atoms with E-state index >= 15 is 0 Å². The molecule has 0 spiro atoms. The molecule has 0 aliphatic heterocycles. The topological polar surface area (TPSA) is 41.5 Å². The number of phenols is 1. The van der Waals surface area contributed by atoms with Crippen LogP contribution in [0.25, 0.3) is 0 Å². The highest BCUT2D eigenvalue weighted by Crippen LogP contribution is 2.43. The van der Waals surface area contributed by atoms with Crippen molar-refractivity contribution >= 4 is 5.69 Å². The third kappa shape index (κ3) is 3.13. The molecule has 1 saturated carbocycles. The van der Waals surface area contributed by atoms with Gasteiger partial charge in [0.05, 0.1) is 13.2 Å². The summed E-state index contributed by atoms with van der Waals surface area (Å²) in [6.45, 7) is 1.92. The van der Waals surface area contributed by atoms with E-state index in [9.17, 15) is 5.11 Å². The van der Waals surface area contributed by atoms with E-state index in [1.54, 1.807) is 13.2 Å². The molecule has 0 bridgehead atoms. The Labute approximate surface area is 125 Å². The van der Waals surface area contributed by atoms with Gasteiger partial charge < -0.3 is 15.2 Å². The maximum absolute atomic E-state index is 9.63. The molecule has 1 aliphatic carbocycles. The van der Waals surface area contributed by atoms with Crippen molar-refractivity contribution in [3.05, 3.63) is 53.6 Å². The number of anilines is 1. The van der Waals surface area contributed by atoms with E-state index in [1.165, 1.54) is 18.4 Å². The fourth-order valence-electron chi connectivity index (χ4n) is 2.64. The number of hydrogen-bond acceptors (Lipinski definition) is 3. The molecule has 0 heterocycles. The number of ether oxygens (including phenoxy) is 1. The second-order valence-electron chi connectivity index (χ2n) is 5.73. The SMILES string of the molecule is COc1ccc(C(Nc2ccc(O)c(C)c2)C2CC2)cc1. The standard InChI is InChI=1S/C18H21NO2/c1-12-11-15(7-10-17(12)20)19-18(13-3-4-13)14-5-8-16(21-2)9-6-14/h5-11,13,18-20H,3-4H2,1-2H3. The van der Waals surface area contributed by atoms with Gasteiger partial charge in [-0.15, -0.1) is 0 Å². The zero-order valence-electron chi connectivity index (χ0n) is 12.5. The van der Waals surface area contributed by atoms with Gasteiger partial charge in [-0.05, 0) is 67.1 Å². The Hall–Kier alpha value is -2.16. The molecule has 0 aromatic heterocycles. The summed E-state index contributed by atoms with van der Waals surface area (Å²) >= 11 is 0. The minimum atomic E-state index is 0.319. The maximum atomic E-state index is 9.63. The molecule has 0 saturated heterocycles. The van der Waals surface area contributed by atoms with E-state index in [1.807, 2.05) is 31.2 Å². The highest BCUT2D eigenvalue weighted by Gasteiger charge is 2.32. The molecule has 2 aromatic rings. The number of hydrogen-bond donors (Lipinski definition) is 2. The number of aromatic hydroxyl groups is 1. The molecule has 0 radical (unpaired) electrons. The van der Waals surface area contributed by atoms with Crippen molar-refractivity contribution in [3.63, 3.8) is 0 Å². The van der Waals surface area contributed by atoms with Crippen molar-refractivity contribution in [3.8, 4) is 11.5 Å². The monoisotopic (exact) mass is 283 g/mol. The van der Waals surface area contributed by atoms with Crippen molar-refractivity contribution in [1.29, 1.82) is 0 Å². The van der Waals surface area contributed by atoms with Gasteiger partial charge in [0.2, 0.25) is 0 Å². The zero-order valence-corrected chi connectivity index (χ0v) is 12.5. The molecule has 0 amide bonds. The molecule has 2 N–H and O–H groups in total. The van der Waals surface area contributed by atoms with Crippen LogP contribution in [0, 0.1) is 12.8 Å². The Morgan fingerprint density at radius 2 is 1.86 bits per heavy atom. The van der Waals surface area contributed by atoms with Gasteiger partial charge in [-0.2, -0.15) is 0 Å². The normalized spacial score (nSPS) is 15.5. The summed E-state index contributed by atoms with van der Waals surface area (Å²) in [6, 6.07) is 14.3. The van der Waals surface area contributed by atoms with E-state index in [0.29, 0.717) is 17.7 Å². The summed E-state index contributed by atoms with van der Waals surface area (Å²) in [7, 11) is 1.69. The van der Waals surface area contributed by atoms with Gasteiger partial charge in [0.25, 0.3) is 0 Å². The molecule has 1 unspecified atom stereocenters. The first-order valence-corrected chi connectivity index (χ1v) is 7.37. The summed E-state index contributed by atoms with van der Waals surface area (Å²) in [4.78, 5) is 0.